The van der Waals surface area contributed by atoms with Gasteiger partial charge in [0.2, 0.25) is 0 Å². The minimum atomic E-state index is -0.275. The molecular formula is C14H19ClFNO. The maximum absolute atomic E-state index is 13.4. The molecule has 1 N–H and O–H groups in total. The zero-order chi connectivity index (χ0) is 12.3. The molecule has 2 unspecified atom stereocenters. The molecule has 4 heteroatoms. The summed E-state index contributed by atoms with van der Waals surface area (Å²) in [6.07, 6.45) is 1.97. The van der Waals surface area contributed by atoms with Crippen LogP contribution in [0.3, 0.4) is 0 Å². The summed E-state index contributed by atoms with van der Waals surface area (Å²) in [6.45, 7) is 2.97. The molecule has 1 aliphatic rings. The maximum Gasteiger partial charge on any atom is 0.140 e. The van der Waals surface area contributed by atoms with Crippen LogP contribution in [0.1, 0.15) is 25.3 Å². The second-order valence-electron chi connectivity index (χ2n) is 4.81. The Hall–Kier alpha value is -0.930. The van der Waals surface area contributed by atoms with E-state index >= 15 is 0 Å². The van der Waals surface area contributed by atoms with E-state index in [-0.39, 0.29) is 36.3 Å². The van der Waals surface area contributed by atoms with Crippen LogP contribution in [0.2, 0.25) is 0 Å². The highest BCUT2D eigenvalue weighted by atomic mass is 35.5. The van der Waals surface area contributed by atoms with Gasteiger partial charge in [-0.1, -0.05) is 18.2 Å². The summed E-state index contributed by atoms with van der Waals surface area (Å²) in [5, 5.41) is 3.32. The van der Waals surface area contributed by atoms with E-state index in [1.54, 1.807) is 18.2 Å². The normalized spacial score (nSPS) is 23.2. The lowest BCUT2D eigenvalue weighted by molar-refractivity contribution is -0.123. The predicted octanol–water partition coefficient (Wildman–Crippen LogP) is 2.75. The van der Waals surface area contributed by atoms with Crippen molar-refractivity contribution >= 4 is 18.2 Å². The number of carbonyl (C=O) groups excluding carboxylic acids is 1. The van der Waals surface area contributed by atoms with Crippen LogP contribution in [0.4, 0.5) is 4.39 Å². The van der Waals surface area contributed by atoms with Crippen LogP contribution in [0.15, 0.2) is 24.3 Å². The zero-order valence-corrected chi connectivity index (χ0v) is 11.3. The number of Topliss-reactive ketones (excluding diaryl/α,β-unsaturated/α-hetero) is 1. The second-order valence-corrected chi connectivity index (χ2v) is 4.81. The van der Waals surface area contributed by atoms with Crippen molar-refractivity contribution in [2.24, 2.45) is 5.92 Å². The molecule has 1 saturated heterocycles. The predicted molar refractivity (Wildman–Crippen MR) is 72.5 cm³/mol. The topological polar surface area (TPSA) is 29.1 Å². The molecule has 0 amide bonds. The largest absolute Gasteiger partial charge is 0.314 e. The van der Waals surface area contributed by atoms with Crippen molar-refractivity contribution in [3.05, 3.63) is 35.6 Å². The average Bonchev–Trinajstić information content (AvgIpc) is 2.32. The maximum atomic E-state index is 13.4. The quantitative estimate of drug-likeness (QED) is 0.916. The first kappa shape index (κ1) is 15.1. The van der Waals surface area contributed by atoms with Gasteiger partial charge in [-0.05, 0) is 37.9 Å². The van der Waals surface area contributed by atoms with Gasteiger partial charge in [0, 0.05) is 18.4 Å². The smallest absolute Gasteiger partial charge is 0.140 e. The molecule has 1 heterocycles. The molecular weight excluding hydrogens is 253 g/mol. The SMILES string of the molecule is CC1CC(C(=O)Cc2ccccc2F)CCN1.Cl. The zero-order valence-electron chi connectivity index (χ0n) is 10.5. The van der Waals surface area contributed by atoms with Gasteiger partial charge < -0.3 is 5.32 Å². The lowest BCUT2D eigenvalue weighted by atomic mass is 9.87. The molecule has 0 bridgehead atoms. The first-order chi connectivity index (χ1) is 8.16. The van der Waals surface area contributed by atoms with E-state index in [1.165, 1.54) is 6.07 Å². The number of halogens is 2. The Balaban J connectivity index is 0.00000162. The van der Waals surface area contributed by atoms with Crippen LogP contribution in [-0.2, 0) is 11.2 Å². The van der Waals surface area contributed by atoms with Crippen molar-refractivity contribution in [1.82, 2.24) is 5.32 Å². The summed E-state index contributed by atoms with van der Waals surface area (Å²) in [5.74, 6) is -0.0165. The van der Waals surface area contributed by atoms with Gasteiger partial charge in [-0.3, -0.25) is 4.79 Å². The highest BCUT2D eigenvalue weighted by Crippen LogP contribution is 2.19. The van der Waals surface area contributed by atoms with Crippen LogP contribution in [0.25, 0.3) is 0 Å². The number of piperidine rings is 1. The van der Waals surface area contributed by atoms with Crippen molar-refractivity contribution in [3.8, 4) is 0 Å². The van der Waals surface area contributed by atoms with Crippen LogP contribution in [-0.4, -0.2) is 18.4 Å². The van der Waals surface area contributed by atoms with Crippen LogP contribution >= 0.6 is 12.4 Å². The molecule has 0 aromatic heterocycles. The molecule has 0 radical (unpaired) electrons. The Morgan fingerprint density at radius 3 is 2.83 bits per heavy atom. The first-order valence-electron chi connectivity index (χ1n) is 6.16. The molecule has 2 rings (SSSR count). The fraction of sp³-hybridized carbons (Fsp3) is 0.500. The third kappa shape index (κ3) is 3.79. The van der Waals surface area contributed by atoms with Crippen molar-refractivity contribution in [2.75, 3.05) is 6.54 Å². The number of hydrogen-bond donors (Lipinski definition) is 1. The van der Waals surface area contributed by atoms with Crippen molar-refractivity contribution in [1.29, 1.82) is 0 Å². The summed E-state index contributed by atoms with van der Waals surface area (Å²) in [6, 6.07) is 6.91. The molecule has 0 aliphatic carbocycles. The first-order valence-corrected chi connectivity index (χ1v) is 6.16. The van der Waals surface area contributed by atoms with Gasteiger partial charge >= 0.3 is 0 Å². The number of ketones is 1. The lowest BCUT2D eigenvalue weighted by Gasteiger charge is -2.27. The Bertz CT molecular complexity index is 411. The molecule has 0 spiro atoms. The van der Waals surface area contributed by atoms with Crippen LogP contribution in [0.5, 0.6) is 0 Å². The third-order valence-corrected chi connectivity index (χ3v) is 3.40. The van der Waals surface area contributed by atoms with Gasteiger partial charge in [-0.15, -0.1) is 12.4 Å². The van der Waals surface area contributed by atoms with E-state index in [0.29, 0.717) is 11.6 Å². The standard InChI is InChI=1S/C14H18FNO.ClH/c1-10-8-12(6-7-16-10)14(17)9-11-4-2-3-5-13(11)15;/h2-5,10,12,16H,6-9H2,1H3;1H. The Morgan fingerprint density at radius 1 is 1.44 bits per heavy atom. The number of benzene rings is 1. The summed E-state index contributed by atoms with van der Waals surface area (Å²) >= 11 is 0. The monoisotopic (exact) mass is 271 g/mol. The van der Waals surface area contributed by atoms with E-state index in [9.17, 15) is 9.18 Å². The van der Waals surface area contributed by atoms with E-state index < -0.39 is 0 Å². The Labute approximate surface area is 113 Å². The molecule has 2 nitrogen and oxygen atoms in total. The van der Waals surface area contributed by atoms with Gasteiger partial charge in [-0.25, -0.2) is 4.39 Å². The molecule has 0 saturated carbocycles. The highest BCUT2D eigenvalue weighted by Gasteiger charge is 2.24. The minimum absolute atomic E-state index is 0. The van der Waals surface area contributed by atoms with Gasteiger partial charge in [0.15, 0.2) is 0 Å². The van der Waals surface area contributed by atoms with Crippen molar-refractivity contribution < 1.29 is 9.18 Å². The third-order valence-electron chi connectivity index (χ3n) is 3.40. The van der Waals surface area contributed by atoms with E-state index in [4.69, 9.17) is 0 Å². The van der Waals surface area contributed by atoms with E-state index in [1.807, 2.05) is 0 Å². The average molecular weight is 272 g/mol. The summed E-state index contributed by atoms with van der Waals surface area (Å²) in [7, 11) is 0. The Morgan fingerprint density at radius 2 is 2.17 bits per heavy atom. The summed E-state index contributed by atoms with van der Waals surface area (Å²) in [5.41, 5.74) is 0.517. The molecule has 1 aromatic carbocycles. The van der Waals surface area contributed by atoms with Gasteiger partial charge in [0.25, 0.3) is 0 Å². The van der Waals surface area contributed by atoms with E-state index in [0.717, 1.165) is 19.4 Å². The number of hydrogen-bond acceptors (Lipinski definition) is 2. The van der Waals surface area contributed by atoms with Crippen molar-refractivity contribution in [2.45, 2.75) is 32.2 Å². The molecule has 1 fully saturated rings. The molecule has 18 heavy (non-hydrogen) atoms. The second kappa shape index (κ2) is 6.86. The lowest BCUT2D eigenvalue weighted by Crippen LogP contribution is -2.38. The van der Waals surface area contributed by atoms with Crippen LogP contribution < -0.4 is 5.32 Å². The molecule has 1 aliphatic heterocycles. The molecule has 100 valence electrons. The summed E-state index contributed by atoms with van der Waals surface area (Å²) < 4.78 is 13.4. The fourth-order valence-corrected chi connectivity index (χ4v) is 2.40. The Kier molecular flexibility index (Phi) is 5.76. The highest BCUT2D eigenvalue weighted by molar-refractivity contribution is 5.85. The number of carbonyl (C=O) groups is 1. The van der Waals surface area contributed by atoms with Crippen LogP contribution in [0, 0.1) is 11.7 Å². The number of rotatable bonds is 3. The van der Waals surface area contributed by atoms with Gasteiger partial charge in [0.05, 0.1) is 0 Å². The fourth-order valence-electron chi connectivity index (χ4n) is 2.40. The van der Waals surface area contributed by atoms with E-state index in [2.05, 4.69) is 12.2 Å². The van der Waals surface area contributed by atoms with Gasteiger partial charge in [-0.2, -0.15) is 0 Å². The minimum Gasteiger partial charge on any atom is -0.314 e. The number of nitrogens with one attached hydrogen (secondary N) is 1. The molecule has 2 atom stereocenters. The van der Waals surface area contributed by atoms with Crippen molar-refractivity contribution in [3.63, 3.8) is 0 Å². The molecule has 1 aromatic rings. The summed E-state index contributed by atoms with van der Waals surface area (Å²) in [4.78, 5) is 12.1. The van der Waals surface area contributed by atoms with Gasteiger partial charge in [0.1, 0.15) is 11.6 Å².